The number of carbonyl (C=O) groups is 4. The minimum atomic E-state index is -1.17. The Morgan fingerprint density at radius 3 is 2.00 bits per heavy atom. The number of hydrogen-bond acceptors (Lipinski definition) is 5. The molecule has 164 valence electrons. The van der Waals surface area contributed by atoms with E-state index in [4.69, 9.17) is 4.74 Å². The lowest BCUT2D eigenvalue weighted by molar-refractivity contribution is -0.154. The molecule has 0 aliphatic heterocycles. The van der Waals surface area contributed by atoms with Crippen molar-refractivity contribution in [2.45, 2.75) is 45.4 Å². The molecule has 8 nitrogen and oxygen atoms in total. The third-order valence-electron chi connectivity index (χ3n) is 4.25. The number of ether oxygens (including phenoxy) is 1. The van der Waals surface area contributed by atoms with Crippen molar-refractivity contribution in [1.82, 2.24) is 16.0 Å². The quantitative estimate of drug-likeness (QED) is 0.563. The number of hydrogen-bond donors (Lipinski definition) is 3. The SMILES string of the molecule is CC(C)NC(=O)NC(=O)[C@@H](C)OC(=O)C[C@H](NC(=O)c1ccccc1)c1ccccc1. The first kappa shape index (κ1) is 23.6. The number of amides is 4. The highest BCUT2D eigenvalue weighted by Gasteiger charge is 2.24. The summed E-state index contributed by atoms with van der Waals surface area (Å²) in [6.45, 7) is 4.87. The first-order chi connectivity index (χ1) is 14.8. The van der Waals surface area contributed by atoms with E-state index < -0.39 is 30.1 Å². The van der Waals surface area contributed by atoms with E-state index in [1.54, 1.807) is 68.4 Å². The minimum Gasteiger partial charge on any atom is -0.452 e. The largest absolute Gasteiger partial charge is 0.452 e. The first-order valence-corrected chi connectivity index (χ1v) is 9.98. The Bertz CT molecular complexity index is 900. The van der Waals surface area contributed by atoms with Crippen LogP contribution in [0.25, 0.3) is 0 Å². The smallest absolute Gasteiger partial charge is 0.321 e. The molecular formula is C23H27N3O5. The standard InChI is InChI=1S/C23H27N3O5/c1-15(2)24-23(30)26-21(28)16(3)31-20(27)14-19(17-10-6-4-7-11-17)25-22(29)18-12-8-5-9-13-18/h4-13,15-16,19H,14H2,1-3H3,(H,25,29)(H2,24,26,28,30)/t16-,19+/m1/s1. The van der Waals surface area contributed by atoms with Gasteiger partial charge >= 0.3 is 12.0 Å². The summed E-state index contributed by atoms with van der Waals surface area (Å²) in [5, 5.41) is 7.47. The normalized spacial score (nSPS) is 12.4. The molecule has 2 rings (SSSR count). The molecule has 0 aliphatic rings. The van der Waals surface area contributed by atoms with Crippen molar-refractivity contribution in [3.63, 3.8) is 0 Å². The second kappa shape index (κ2) is 11.5. The minimum absolute atomic E-state index is 0.148. The summed E-state index contributed by atoms with van der Waals surface area (Å²) in [5.41, 5.74) is 1.18. The van der Waals surface area contributed by atoms with Gasteiger partial charge in [0.15, 0.2) is 6.10 Å². The summed E-state index contributed by atoms with van der Waals surface area (Å²) in [6.07, 6.45) is -1.36. The van der Waals surface area contributed by atoms with Gasteiger partial charge in [-0.1, -0.05) is 48.5 Å². The predicted molar refractivity (Wildman–Crippen MR) is 115 cm³/mol. The van der Waals surface area contributed by atoms with Gasteiger partial charge in [0.25, 0.3) is 11.8 Å². The van der Waals surface area contributed by atoms with Gasteiger partial charge in [-0.15, -0.1) is 0 Å². The molecule has 4 amide bonds. The molecule has 0 aromatic heterocycles. The summed E-state index contributed by atoms with van der Waals surface area (Å²) in [4.78, 5) is 48.8. The van der Waals surface area contributed by atoms with Crippen LogP contribution in [0.1, 0.15) is 49.2 Å². The summed E-state index contributed by atoms with van der Waals surface area (Å²) in [7, 11) is 0. The van der Waals surface area contributed by atoms with Crippen LogP contribution in [0, 0.1) is 0 Å². The van der Waals surface area contributed by atoms with Gasteiger partial charge in [-0.2, -0.15) is 0 Å². The first-order valence-electron chi connectivity index (χ1n) is 9.98. The van der Waals surface area contributed by atoms with Crippen molar-refractivity contribution < 1.29 is 23.9 Å². The number of imide groups is 1. The third-order valence-corrected chi connectivity index (χ3v) is 4.25. The van der Waals surface area contributed by atoms with Crippen molar-refractivity contribution in [3.8, 4) is 0 Å². The topological polar surface area (TPSA) is 114 Å². The maximum Gasteiger partial charge on any atom is 0.321 e. The highest BCUT2D eigenvalue weighted by atomic mass is 16.5. The van der Waals surface area contributed by atoms with Crippen molar-refractivity contribution in [2.24, 2.45) is 0 Å². The van der Waals surface area contributed by atoms with Gasteiger partial charge in [-0.3, -0.25) is 19.7 Å². The second-order valence-electron chi connectivity index (χ2n) is 7.26. The van der Waals surface area contributed by atoms with Gasteiger partial charge in [0.05, 0.1) is 12.5 Å². The molecule has 0 saturated carbocycles. The van der Waals surface area contributed by atoms with E-state index in [1.807, 2.05) is 6.07 Å². The average molecular weight is 425 g/mol. The summed E-state index contributed by atoms with van der Waals surface area (Å²) < 4.78 is 5.18. The summed E-state index contributed by atoms with van der Waals surface area (Å²) in [5.74, 6) is -1.76. The number of nitrogens with one attached hydrogen (secondary N) is 3. The lowest BCUT2D eigenvalue weighted by Gasteiger charge is -2.20. The van der Waals surface area contributed by atoms with E-state index in [1.165, 1.54) is 6.92 Å². The van der Waals surface area contributed by atoms with Gasteiger partial charge in [-0.25, -0.2) is 4.79 Å². The lowest BCUT2D eigenvalue weighted by atomic mass is 10.0. The number of rotatable bonds is 8. The summed E-state index contributed by atoms with van der Waals surface area (Å²) >= 11 is 0. The van der Waals surface area contributed by atoms with E-state index in [-0.39, 0.29) is 18.4 Å². The molecule has 0 bridgehead atoms. The fourth-order valence-corrected chi connectivity index (χ4v) is 2.75. The number of benzene rings is 2. The van der Waals surface area contributed by atoms with Crippen LogP contribution in [0.2, 0.25) is 0 Å². The van der Waals surface area contributed by atoms with Gasteiger partial charge in [0.1, 0.15) is 0 Å². The van der Waals surface area contributed by atoms with Crippen LogP contribution in [-0.4, -0.2) is 36.0 Å². The molecule has 31 heavy (non-hydrogen) atoms. The zero-order valence-corrected chi connectivity index (χ0v) is 17.8. The molecule has 0 spiro atoms. The number of carbonyl (C=O) groups excluding carboxylic acids is 4. The highest BCUT2D eigenvalue weighted by Crippen LogP contribution is 2.18. The van der Waals surface area contributed by atoms with Crippen LogP contribution in [0.5, 0.6) is 0 Å². The van der Waals surface area contributed by atoms with Crippen LogP contribution >= 0.6 is 0 Å². The Morgan fingerprint density at radius 2 is 1.42 bits per heavy atom. The van der Waals surface area contributed by atoms with Crippen LogP contribution in [0.15, 0.2) is 60.7 Å². The Morgan fingerprint density at radius 1 is 0.839 bits per heavy atom. The van der Waals surface area contributed by atoms with Crippen molar-refractivity contribution >= 4 is 23.8 Å². The predicted octanol–water partition coefficient (Wildman–Crippen LogP) is 2.71. The van der Waals surface area contributed by atoms with Crippen LogP contribution in [0.3, 0.4) is 0 Å². The van der Waals surface area contributed by atoms with Crippen LogP contribution in [-0.2, 0) is 14.3 Å². The van der Waals surface area contributed by atoms with E-state index in [2.05, 4.69) is 16.0 Å². The fourth-order valence-electron chi connectivity index (χ4n) is 2.75. The molecular weight excluding hydrogens is 398 g/mol. The Hall–Kier alpha value is -3.68. The fraction of sp³-hybridized carbons (Fsp3) is 0.304. The van der Waals surface area contributed by atoms with Crippen molar-refractivity contribution in [3.05, 3.63) is 71.8 Å². The van der Waals surface area contributed by atoms with E-state index in [0.29, 0.717) is 5.56 Å². The number of esters is 1. The maximum atomic E-state index is 12.6. The molecule has 0 heterocycles. The Labute approximate surface area is 181 Å². The highest BCUT2D eigenvalue weighted by molar-refractivity contribution is 5.97. The van der Waals surface area contributed by atoms with Crippen molar-refractivity contribution in [1.29, 1.82) is 0 Å². The molecule has 0 unspecified atom stereocenters. The monoisotopic (exact) mass is 425 g/mol. The lowest BCUT2D eigenvalue weighted by Crippen LogP contribution is -2.46. The molecule has 0 aliphatic carbocycles. The van der Waals surface area contributed by atoms with E-state index in [0.717, 1.165) is 5.56 Å². The van der Waals surface area contributed by atoms with Gasteiger partial charge < -0.3 is 15.4 Å². The summed E-state index contributed by atoms with van der Waals surface area (Å²) in [6, 6.07) is 16.2. The maximum absolute atomic E-state index is 12.6. The average Bonchev–Trinajstić information content (AvgIpc) is 2.73. The van der Waals surface area contributed by atoms with Crippen LogP contribution < -0.4 is 16.0 Å². The molecule has 0 fully saturated rings. The molecule has 3 N–H and O–H groups in total. The van der Waals surface area contributed by atoms with Crippen LogP contribution in [0.4, 0.5) is 4.79 Å². The molecule has 2 aromatic rings. The second-order valence-corrected chi connectivity index (χ2v) is 7.26. The zero-order valence-electron chi connectivity index (χ0n) is 17.8. The molecule has 2 atom stereocenters. The number of urea groups is 1. The van der Waals surface area contributed by atoms with Gasteiger partial charge in [-0.05, 0) is 38.5 Å². The van der Waals surface area contributed by atoms with E-state index in [9.17, 15) is 19.2 Å². The molecule has 0 saturated heterocycles. The van der Waals surface area contributed by atoms with E-state index >= 15 is 0 Å². The van der Waals surface area contributed by atoms with Gasteiger partial charge in [0.2, 0.25) is 0 Å². The molecule has 2 aromatic carbocycles. The third kappa shape index (κ3) is 7.93. The Kier molecular flexibility index (Phi) is 8.75. The van der Waals surface area contributed by atoms with Gasteiger partial charge in [0, 0.05) is 11.6 Å². The molecule has 8 heteroatoms. The Balaban J connectivity index is 2.01. The van der Waals surface area contributed by atoms with Crippen molar-refractivity contribution in [2.75, 3.05) is 0 Å². The molecule has 0 radical (unpaired) electrons. The zero-order chi connectivity index (χ0) is 22.8.